The molecule has 2 aromatic carbocycles. The van der Waals surface area contributed by atoms with Crippen molar-refractivity contribution in [3.63, 3.8) is 0 Å². The fourth-order valence-electron chi connectivity index (χ4n) is 3.44. The number of aliphatic hydroxyl groups is 1. The van der Waals surface area contributed by atoms with Gasteiger partial charge in [-0.05, 0) is 36.6 Å². The van der Waals surface area contributed by atoms with Crippen molar-refractivity contribution in [1.82, 2.24) is 19.9 Å². The van der Waals surface area contributed by atoms with Crippen molar-refractivity contribution >= 4 is 23.4 Å². The Morgan fingerprint density at radius 2 is 1.68 bits per heavy atom. The van der Waals surface area contributed by atoms with Gasteiger partial charge < -0.3 is 21.1 Å². The van der Waals surface area contributed by atoms with Gasteiger partial charge in [0.15, 0.2) is 0 Å². The van der Waals surface area contributed by atoms with Crippen molar-refractivity contribution in [2.24, 2.45) is 0 Å². The number of aliphatic hydroxyl groups excluding tert-OH is 1. The Labute approximate surface area is 197 Å². The molecule has 2 aromatic heterocycles. The summed E-state index contributed by atoms with van der Waals surface area (Å²) in [5.41, 5.74) is 1.99. The number of hydrogen-bond donors (Lipinski definition) is 4. The molecule has 4 N–H and O–H groups in total. The molecule has 4 rings (SSSR count). The van der Waals surface area contributed by atoms with E-state index in [1.54, 1.807) is 36.8 Å². The monoisotopic (exact) mass is 459 g/mol. The Hall–Kier alpha value is -4.11. The summed E-state index contributed by atoms with van der Waals surface area (Å²) in [6, 6.07) is 17.5. The van der Waals surface area contributed by atoms with Crippen molar-refractivity contribution in [3.8, 4) is 0 Å². The fraction of sp³-hybridized carbons (Fsp3) is 0.200. The van der Waals surface area contributed by atoms with Gasteiger partial charge in [0, 0.05) is 18.5 Å². The third-order valence-electron chi connectivity index (χ3n) is 5.16. The molecule has 174 valence electrons. The quantitative estimate of drug-likeness (QED) is 0.277. The van der Waals surface area contributed by atoms with Crippen LogP contribution in [0.3, 0.4) is 0 Å². The molecular formula is C25H26FN7O. The first kappa shape index (κ1) is 23.1. The minimum atomic E-state index is -0.290. The van der Waals surface area contributed by atoms with E-state index in [2.05, 4.69) is 35.9 Å². The highest BCUT2D eigenvalue weighted by atomic mass is 19.1. The molecule has 0 saturated heterocycles. The second-order valence-corrected chi connectivity index (χ2v) is 7.81. The second-order valence-electron chi connectivity index (χ2n) is 7.81. The molecule has 0 aliphatic rings. The summed E-state index contributed by atoms with van der Waals surface area (Å²) in [4.78, 5) is 17.4. The molecule has 0 fully saturated rings. The van der Waals surface area contributed by atoms with Crippen molar-refractivity contribution in [2.45, 2.75) is 25.4 Å². The van der Waals surface area contributed by atoms with Crippen molar-refractivity contribution in [3.05, 3.63) is 96.2 Å². The Morgan fingerprint density at radius 3 is 2.38 bits per heavy atom. The van der Waals surface area contributed by atoms with E-state index < -0.39 is 0 Å². The maximum Gasteiger partial charge on any atom is 0.227 e. The Bertz CT molecular complexity index is 1180. The van der Waals surface area contributed by atoms with E-state index in [1.165, 1.54) is 12.1 Å². The second kappa shape index (κ2) is 11.2. The highest BCUT2D eigenvalue weighted by molar-refractivity contribution is 5.58. The lowest BCUT2D eigenvalue weighted by Gasteiger charge is -2.20. The molecule has 0 aliphatic heterocycles. The average molecular weight is 460 g/mol. The van der Waals surface area contributed by atoms with Gasteiger partial charge in [-0.3, -0.25) is 4.98 Å². The number of benzene rings is 2. The summed E-state index contributed by atoms with van der Waals surface area (Å²) in [6.07, 6.45) is 5.39. The first-order valence-corrected chi connectivity index (χ1v) is 10.9. The fourth-order valence-corrected chi connectivity index (χ4v) is 3.44. The Morgan fingerprint density at radius 1 is 0.912 bits per heavy atom. The highest BCUT2D eigenvalue weighted by Crippen LogP contribution is 2.22. The molecule has 9 heteroatoms. The third kappa shape index (κ3) is 6.46. The largest absolute Gasteiger partial charge is 0.394 e. The van der Waals surface area contributed by atoms with Crippen molar-refractivity contribution < 1.29 is 9.50 Å². The number of aromatic nitrogens is 4. The molecule has 34 heavy (non-hydrogen) atoms. The maximum atomic E-state index is 13.3. The highest BCUT2D eigenvalue weighted by Gasteiger charge is 2.14. The van der Waals surface area contributed by atoms with E-state index in [0.29, 0.717) is 29.8 Å². The van der Waals surface area contributed by atoms with Crippen LogP contribution in [0.1, 0.15) is 24.1 Å². The first-order valence-electron chi connectivity index (χ1n) is 10.9. The lowest BCUT2D eigenvalue weighted by Crippen LogP contribution is -2.27. The van der Waals surface area contributed by atoms with Crippen molar-refractivity contribution in [2.75, 3.05) is 22.6 Å². The van der Waals surface area contributed by atoms with Gasteiger partial charge in [0.25, 0.3) is 0 Å². The van der Waals surface area contributed by atoms with Crippen LogP contribution in [0.4, 0.5) is 27.8 Å². The number of anilines is 4. The zero-order valence-corrected chi connectivity index (χ0v) is 18.7. The molecule has 0 bridgehead atoms. The van der Waals surface area contributed by atoms with Gasteiger partial charge in [0.2, 0.25) is 5.95 Å². The topological polar surface area (TPSA) is 108 Å². The summed E-state index contributed by atoms with van der Waals surface area (Å²) < 4.78 is 13.3. The van der Waals surface area contributed by atoms with Crippen LogP contribution in [0.25, 0.3) is 0 Å². The molecule has 4 aromatic rings. The van der Waals surface area contributed by atoms with E-state index in [0.717, 1.165) is 11.1 Å². The van der Waals surface area contributed by atoms with Crippen LogP contribution in [0.15, 0.2) is 79.3 Å². The van der Waals surface area contributed by atoms with Crippen LogP contribution in [0.2, 0.25) is 0 Å². The van der Waals surface area contributed by atoms with E-state index in [-0.39, 0.29) is 24.5 Å². The van der Waals surface area contributed by atoms with Crippen LogP contribution < -0.4 is 16.0 Å². The van der Waals surface area contributed by atoms with Gasteiger partial charge in [0.05, 0.1) is 24.9 Å². The minimum absolute atomic E-state index is 0.0689. The van der Waals surface area contributed by atoms with Gasteiger partial charge in [-0.25, -0.2) is 9.37 Å². The lowest BCUT2D eigenvalue weighted by atomic mass is 10.1. The van der Waals surface area contributed by atoms with Crippen LogP contribution >= 0.6 is 0 Å². The van der Waals surface area contributed by atoms with Gasteiger partial charge in [-0.1, -0.05) is 42.5 Å². The molecule has 1 unspecified atom stereocenters. The van der Waals surface area contributed by atoms with E-state index >= 15 is 0 Å². The molecule has 0 aliphatic carbocycles. The zero-order valence-electron chi connectivity index (χ0n) is 18.7. The Kier molecular flexibility index (Phi) is 7.56. The molecule has 8 nitrogen and oxygen atoms in total. The molecule has 0 spiro atoms. The summed E-state index contributed by atoms with van der Waals surface area (Å²) in [7, 11) is 0. The molecular weight excluding hydrogens is 433 g/mol. The smallest absolute Gasteiger partial charge is 0.227 e. The first-order chi connectivity index (χ1) is 16.6. The molecule has 2 heterocycles. The van der Waals surface area contributed by atoms with Crippen LogP contribution in [-0.4, -0.2) is 37.7 Å². The van der Waals surface area contributed by atoms with Gasteiger partial charge in [-0.15, -0.1) is 0 Å². The zero-order chi connectivity index (χ0) is 23.8. The summed E-state index contributed by atoms with van der Waals surface area (Å²) in [6.45, 7) is 1.87. The normalized spacial score (nSPS) is 12.6. The van der Waals surface area contributed by atoms with Gasteiger partial charge >= 0.3 is 0 Å². The van der Waals surface area contributed by atoms with Gasteiger partial charge in [-0.2, -0.15) is 9.97 Å². The molecule has 0 amide bonds. The number of halogens is 1. The maximum absolute atomic E-state index is 13.3. The third-order valence-corrected chi connectivity index (χ3v) is 5.16. The Balaban J connectivity index is 1.57. The predicted molar refractivity (Wildman–Crippen MR) is 130 cm³/mol. The summed E-state index contributed by atoms with van der Waals surface area (Å²) in [5.74, 6) is 1.65. The summed E-state index contributed by atoms with van der Waals surface area (Å²) >= 11 is 0. The summed E-state index contributed by atoms with van der Waals surface area (Å²) in [5, 5.41) is 19.6. The molecule has 2 atom stereocenters. The lowest BCUT2D eigenvalue weighted by molar-refractivity contribution is 0.273. The number of rotatable bonds is 10. The number of nitrogens with one attached hydrogen (secondary N) is 3. The molecule has 0 saturated carbocycles. The molecule has 0 radical (unpaired) electrons. The van der Waals surface area contributed by atoms with E-state index in [1.807, 2.05) is 37.3 Å². The standard InChI is InChI=1S/C25H26FN7O/c1-17(19-7-9-20(26)10-8-19)29-25-32-22(14-23(33-25)31-24-15-27-11-12-28-24)30-21(16-34)13-18-5-3-2-4-6-18/h2-12,14-15,17,21,34H,13,16H2,1H3,(H3,28,29,30,31,32,33)/t17-,21?/m0/s1. The van der Waals surface area contributed by atoms with E-state index in [4.69, 9.17) is 0 Å². The number of nitrogens with zero attached hydrogens (tertiary/aromatic N) is 4. The minimum Gasteiger partial charge on any atom is -0.394 e. The van der Waals surface area contributed by atoms with Crippen LogP contribution in [0, 0.1) is 5.82 Å². The average Bonchev–Trinajstić information content (AvgIpc) is 2.85. The van der Waals surface area contributed by atoms with Crippen LogP contribution in [-0.2, 0) is 6.42 Å². The van der Waals surface area contributed by atoms with Crippen LogP contribution in [0.5, 0.6) is 0 Å². The SMILES string of the molecule is C[C@H](Nc1nc(Nc2cnccn2)cc(NC(CO)Cc2ccccc2)n1)c1ccc(F)cc1. The van der Waals surface area contributed by atoms with Crippen molar-refractivity contribution in [1.29, 1.82) is 0 Å². The van der Waals surface area contributed by atoms with E-state index in [9.17, 15) is 9.50 Å². The predicted octanol–water partition coefficient (Wildman–Crippen LogP) is 4.34. The number of hydrogen-bond acceptors (Lipinski definition) is 8. The van der Waals surface area contributed by atoms with Gasteiger partial charge in [0.1, 0.15) is 23.3 Å².